The van der Waals surface area contributed by atoms with Gasteiger partial charge in [-0.25, -0.2) is 4.98 Å². The van der Waals surface area contributed by atoms with E-state index >= 15 is 0 Å². The van der Waals surface area contributed by atoms with Gasteiger partial charge in [-0.3, -0.25) is 0 Å². The molecule has 2 N–H and O–H groups in total. The molecule has 82 valence electrons. The molecule has 0 saturated heterocycles. The van der Waals surface area contributed by atoms with Crippen LogP contribution in [0.1, 0.15) is 49.9 Å². The second kappa shape index (κ2) is 4.10. The van der Waals surface area contributed by atoms with Crippen molar-refractivity contribution in [3.8, 4) is 0 Å². The Morgan fingerprint density at radius 2 is 2.13 bits per heavy atom. The van der Waals surface area contributed by atoms with E-state index in [4.69, 9.17) is 10.5 Å². The highest BCUT2D eigenvalue weighted by Crippen LogP contribution is 2.38. The zero-order valence-corrected chi connectivity index (χ0v) is 9.10. The van der Waals surface area contributed by atoms with Gasteiger partial charge in [0.25, 0.3) is 0 Å². The quantitative estimate of drug-likeness (QED) is 0.810. The third kappa shape index (κ3) is 2.23. The van der Waals surface area contributed by atoms with Gasteiger partial charge in [-0.05, 0) is 19.3 Å². The van der Waals surface area contributed by atoms with E-state index in [0.29, 0.717) is 17.7 Å². The zero-order valence-electron chi connectivity index (χ0n) is 9.10. The Hall–Kier alpha value is -1.23. The summed E-state index contributed by atoms with van der Waals surface area (Å²) in [6.07, 6.45) is 3.08. The summed E-state index contributed by atoms with van der Waals surface area (Å²) >= 11 is 0. The van der Waals surface area contributed by atoms with E-state index in [2.05, 4.69) is 15.0 Å². The van der Waals surface area contributed by atoms with Crippen molar-refractivity contribution in [1.29, 1.82) is 0 Å². The molecule has 1 heterocycles. The predicted molar refractivity (Wildman–Crippen MR) is 56.3 cm³/mol. The monoisotopic (exact) mass is 208 g/mol. The lowest BCUT2D eigenvalue weighted by Gasteiger charge is -2.12. The third-order valence-corrected chi connectivity index (χ3v) is 2.57. The maximum atomic E-state index is 5.65. The van der Waals surface area contributed by atoms with Crippen LogP contribution in [0.3, 0.4) is 0 Å². The normalized spacial score (nSPS) is 17.7. The lowest BCUT2D eigenvalue weighted by molar-refractivity contribution is 0.0923. The summed E-state index contributed by atoms with van der Waals surface area (Å²) < 4.78 is 5.29. The molecule has 0 aromatic carbocycles. The first-order valence-corrected chi connectivity index (χ1v) is 5.28. The summed E-state index contributed by atoms with van der Waals surface area (Å²) in [5.41, 5.74) is 5.65. The number of aromatic nitrogens is 3. The molecule has 0 radical (unpaired) electrons. The second-order valence-electron chi connectivity index (χ2n) is 3.82. The maximum absolute atomic E-state index is 5.65. The number of hydrogen-bond donors (Lipinski definition) is 1. The van der Waals surface area contributed by atoms with Crippen LogP contribution in [0.15, 0.2) is 0 Å². The third-order valence-electron chi connectivity index (χ3n) is 2.57. The maximum Gasteiger partial charge on any atom is 0.223 e. The van der Waals surface area contributed by atoms with Crippen molar-refractivity contribution in [1.82, 2.24) is 15.0 Å². The van der Waals surface area contributed by atoms with Gasteiger partial charge in [0.05, 0.1) is 0 Å². The van der Waals surface area contributed by atoms with Crippen LogP contribution < -0.4 is 5.73 Å². The number of methoxy groups -OCH3 is 1. The van der Waals surface area contributed by atoms with Crippen molar-refractivity contribution in [2.45, 2.75) is 38.2 Å². The SMILES string of the molecule is CCC(OC)c1nc(N)nc(C2CC2)n1. The van der Waals surface area contributed by atoms with Crippen LogP contribution >= 0.6 is 0 Å². The number of nitrogen functional groups attached to an aromatic ring is 1. The second-order valence-corrected chi connectivity index (χ2v) is 3.82. The molecule has 1 aliphatic rings. The minimum Gasteiger partial charge on any atom is -0.373 e. The standard InChI is InChI=1S/C10H16N4O/c1-3-7(15-2)9-12-8(6-4-5-6)13-10(11)14-9/h6-7H,3-5H2,1-2H3,(H2,11,12,13,14). The molecule has 1 aliphatic carbocycles. The van der Waals surface area contributed by atoms with E-state index in [-0.39, 0.29) is 6.10 Å². The van der Waals surface area contributed by atoms with Crippen LogP contribution in [-0.4, -0.2) is 22.1 Å². The molecule has 1 unspecified atom stereocenters. The molecule has 5 heteroatoms. The molecule has 0 bridgehead atoms. The minimum absolute atomic E-state index is 0.0761. The summed E-state index contributed by atoms with van der Waals surface area (Å²) in [5.74, 6) is 2.28. The van der Waals surface area contributed by atoms with Gasteiger partial charge in [-0.2, -0.15) is 9.97 Å². The molecular weight excluding hydrogens is 192 g/mol. The van der Waals surface area contributed by atoms with Gasteiger partial charge in [0.2, 0.25) is 5.95 Å². The van der Waals surface area contributed by atoms with E-state index < -0.39 is 0 Å². The first kappa shape index (κ1) is 10.3. The fourth-order valence-corrected chi connectivity index (χ4v) is 1.55. The minimum atomic E-state index is -0.0761. The number of nitrogens with zero attached hydrogens (tertiary/aromatic N) is 3. The van der Waals surface area contributed by atoms with Crippen LogP contribution in [0.2, 0.25) is 0 Å². The van der Waals surface area contributed by atoms with Gasteiger partial charge in [0.1, 0.15) is 11.9 Å². The van der Waals surface area contributed by atoms with E-state index in [1.165, 1.54) is 0 Å². The van der Waals surface area contributed by atoms with Gasteiger partial charge in [-0.1, -0.05) is 6.92 Å². The Morgan fingerprint density at radius 1 is 1.40 bits per heavy atom. The predicted octanol–water partition coefficient (Wildman–Crippen LogP) is 1.43. The summed E-state index contributed by atoms with van der Waals surface area (Å²) in [6, 6.07) is 0. The number of hydrogen-bond acceptors (Lipinski definition) is 5. The van der Waals surface area contributed by atoms with Gasteiger partial charge in [0.15, 0.2) is 5.82 Å². The van der Waals surface area contributed by atoms with Crippen LogP contribution in [0.5, 0.6) is 0 Å². The van der Waals surface area contributed by atoms with E-state index in [0.717, 1.165) is 25.1 Å². The molecule has 0 amide bonds. The molecule has 1 aromatic heterocycles. The molecule has 5 nitrogen and oxygen atoms in total. The van der Waals surface area contributed by atoms with E-state index in [1.807, 2.05) is 6.92 Å². The van der Waals surface area contributed by atoms with Crippen LogP contribution in [0.4, 0.5) is 5.95 Å². The van der Waals surface area contributed by atoms with Gasteiger partial charge in [-0.15, -0.1) is 0 Å². The molecule has 2 rings (SSSR count). The largest absolute Gasteiger partial charge is 0.373 e. The Kier molecular flexibility index (Phi) is 2.81. The highest BCUT2D eigenvalue weighted by atomic mass is 16.5. The van der Waals surface area contributed by atoms with Crippen molar-refractivity contribution in [2.75, 3.05) is 12.8 Å². The van der Waals surface area contributed by atoms with Crippen LogP contribution in [0.25, 0.3) is 0 Å². The van der Waals surface area contributed by atoms with Crippen molar-refractivity contribution in [2.24, 2.45) is 0 Å². The average molecular weight is 208 g/mol. The fraction of sp³-hybridized carbons (Fsp3) is 0.700. The van der Waals surface area contributed by atoms with Crippen molar-refractivity contribution in [3.05, 3.63) is 11.6 Å². The molecule has 1 fully saturated rings. The summed E-state index contributed by atoms with van der Waals surface area (Å²) in [5, 5.41) is 0. The Morgan fingerprint density at radius 3 is 2.67 bits per heavy atom. The van der Waals surface area contributed by atoms with Gasteiger partial charge < -0.3 is 10.5 Å². The topological polar surface area (TPSA) is 73.9 Å². The molecule has 15 heavy (non-hydrogen) atoms. The van der Waals surface area contributed by atoms with Gasteiger partial charge >= 0.3 is 0 Å². The van der Waals surface area contributed by atoms with Crippen molar-refractivity contribution >= 4 is 5.95 Å². The zero-order chi connectivity index (χ0) is 10.8. The first-order valence-electron chi connectivity index (χ1n) is 5.28. The van der Waals surface area contributed by atoms with Crippen molar-refractivity contribution < 1.29 is 4.74 Å². The summed E-state index contributed by atoms with van der Waals surface area (Å²) in [4.78, 5) is 12.7. The Bertz CT molecular complexity index is 347. The lowest BCUT2D eigenvalue weighted by Crippen LogP contribution is -2.11. The molecular formula is C10H16N4O. The number of anilines is 1. The van der Waals surface area contributed by atoms with Gasteiger partial charge in [0, 0.05) is 13.0 Å². The summed E-state index contributed by atoms with van der Waals surface area (Å²) in [7, 11) is 1.66. The smallest absolute Gasteiger partial charge is 0.223 e. The molecule has 0 spiro atoms. The molecule has 1 saturated carbocycles. The molecule has 0 aliphatic heterocycles. The molecule has 1 aromatic rings. The first-order chi connectivity index (χ1) is 7.24. The number of rotatable bonds is 4. The average Bonchev–Trinajstić information content (AvgIpc) is 3.02. The Labute approximate surface area is 89.1 Å². The number of ether oxygens (including phenoxy) is 1. The van der Waals surface area contributed by atoms with Crippen LogP contribution in [0, 0.1) is 0 Å². The number of nitrogens with two attached hydrogens (primary N) is 1. The highest BCUT2D eigenvalue weighted by molar-refractivity contribution is 5.20. The van der Waals surface area contributed by atoms with E-state index in [9.17, 15) is 0 Å². The van der Waals surface area contributed by atoms with E-state index in [1.54, 1.807) is 7.11 Å². The van der Waals surface area contributed by atoms with Crippen LogP contribution in [-0.2, 0) is 4.74 Å². The highest BCUT2D eigenvalue weighted by Gasteiger charge is 2.28. The van der Waals surface area contributed by atoms with Crippen molar-refractivity contribution in [3.63, 3.8) is 0 Å². The lowest BCUT2D eigenvalue weighted by atomic mass is 10.2. The summed E-state index contributed by atoms with van der Waals surface area (Å²) in [6.45, 7) is 2.03. The Balaban J connectivity index is 2.29. The fourth-order valence-electron chi connectivity index (χ4n) is 1.55. The molecule has 1 atom stereocenters.